The third-order valence-electron chi connectivity index (χ3n) is 3.62. The van der Waals surface area contributed by atoms with Crippen LogP contribution in [0.15, 0.2) is 4.99 Å². The Labute approximate surface area is 129 Å². The van der Waals surface area contributed by atoms with E-state index in [4.69, 9.17) is 4.74 Å². The lowest BCUT2D eigenvalue weighted by molar-refractivity contribution is -0.487. The molecule has 0 radical (unpaired) electrons. The molecule has 2 unspecified atom stereocenters. The van der Waals surface area contributed by atoms with Crippen molar-refractivity contribution in [2.45, 2.75) is 16.7 Å². The van der Waals surface area contributed by atoms with E-state index >= 15 is 0 Å². The van der Waals surface area contributed by atoms with Gasteiger partial charge in [-0.1, -0.05) is 6.92 Å². The first-order valence-electron chi connectivity index (χ1n) is 6.33. The van der Waals surface area contributed by atoms with E-state index in [2.05, 4.69) is 43.8 Å². The molecule has 2 rings (SSSR count). The van der Waals surface area contributed by atoms with Crippen molar-refractivity contribution >= 4 is 37.7 Å². The van der Waals surface area contributed by atoms with Crippen molar-refractivity contribution in [3.05, 3.63) is 10.1 Å². The Morgan fingerprint density at radius 3 is 2.89 bits per heavy atom. The maximum Gasteiger partial charge on any atom is 0.382 e. The fourth-order valence-electron chi connectivity index (χ4n) is 2.42. The predicted molar refractivity (Wildman–Crippen MR) is 79.5 cm³/mol. The number of nitro groups is 1. The lowest BCUT2D eigenvalue weighted by Crippen LogP contribution is -2.50. The van der Waals surface area contributed by atoms with Crippen molar-refractivity contribution in [1.82, 2.24) is 4.90 Å². The number of ether oxygens (including phenoxy) is 1. The summed E-state index contributed by atoms with van der Waals surface area (Å²) in [7, 11) is 0. The van der Waals surface area contributed by atoms with Gasteiger partial charge in [0.05, 0.1) is 11.5 Å². The number of hydrogen-bond donors (Lipinski definition) is 0. The fourth-order valence-corrected chi connectivity index (χ4v) is 3.17. The topological polar surface area (TPSA) is 68.0 Å². The molecule has 0 aromatic rings. The summed E-state index contributed by atoms with van der Waals surface area (Å²) in [4.78, 5) is 17.1. The van der Waals surface area contributed by atoms with Crippen LogP contribution in [0.5, 0.6) is 0 Å². The van der Waals surface area contributed by atoms with Crippen molar-refractivity contribution in [2.75, 3.05) is 32.8 Å². The standard InChI is InChI=1S/C11H17Br2N3O3/c1-8-6-19-7-9(8)5-15-4-2-3-14-10(15)11(12,13)16(17)18/h8-9H,2-7H2,1H3. The molecule has 0 N–H and O–H groups in total. The molecule has 0 saturated carbocycles. The quantitative estimate of drug-likeness (QED) is 0.314. The molecule has 2 heterocycles. The molecule has 0 aromatic carbocycles. The molecule has 108 valence electrons. The van der Waals surface area contributed by atoms with E-state index in [0.29, 0.717) is 24.2 Å². The number of rotatable bonds is 4. The molecule has 19 heavy (non-hydrogen) atoms. The van der Waals surface area contributed by atoms with E-state index in [1.165, 1.54) is 0 Å². The van der Waals surface area contributed by atoms with Crippen LogP contribution in [0.2, 0.25) is 0 Å². The molecule has 0 spiro atoms. The third-order valence-corrected chi connectivity index (χ3v) is 4.91. The monoisotopic (exact) mass is 397 g/mol. The molecule has 6 nitrogen and oxygen atoms in total. The third kappa shape index (κ3) is 3.28. The molecule has 0 aromatic heterocycles. The maximum atomic E-state index is 11.1. The van der Waals surface area contributed by atoms with Gasteiger partial charge in [-0.25, -0.2) is 0 Å². The first kappa shape index (κ1) is 15.2. The molecular weight excluding hydrogens is 382 g/mol. The van der Waals surface area contributed by atoms with E-state index in [1.54, 1.807) is 0 Å². The minimum Gasteiger partial charge on any atom is -0.381 e. The molecule has 0 bridgehead atoms. The Morgan fingerprint density at radius 1 is 1.58 bits per heavy atom. The molecule has 8 heteroatoms. The van der Waals surface area contributed by atoms with E-state index < -0.39 is 8.28 Å². The number of nitrogens with zero attached hydrogens (tertiary/aromatic N) is 3. The second-order valence-corrected chi connectivity index (χ2v) is 8.44. The second-order valence-electron chi connectivity index (χ2n) is 5.08. The van der Waals surface area contributed by atoms with E-state index in [1.807, 2.05) is 4.90 Å². The minimum absolute atomic E-state index is 0.404. The highest BCUT2D eigenvalue weighted by Gasteiger charge is 2.47. The van der Waals surface area contributed by atoms with Crippen molar-refractivity contribution in [2.24, 2.45) is 16.8 Å². The lowest BCUT2D eigenvalue weighted by atomic mass is 9.97. The largest absolute Gasteiger partial charge is 0.382 e. The summed E-state index contributed by atoms with van der Waals surface area (Å²) >= 11 is 6.25. The molecule has 0 amide bonds. The van der Waals surface area contributed by atoms with Crippen LogP contribution in [-0.2, 0) is 4.74 Å². The molecule has 1 saturated heterocycles. The number of hydrogen-bond acceptors (Lipinski definition) is 5. The highest BCUT2D eigenvalue weighted by Crippen LogP contribution is 2.33. The molecule has 2 aliphatic heterocycles. The van der Waals surface area contributed by atoms with Gasteiger partial charge in [-0.2, -0.15) is 0 Å². The highest BCUT2D eigenvalue weighted by molar-refractivity contribution is 9.25. The van der Waals surface area contributed by atoms with Gasteiger partial charge in [-0.05, 0) is 12.3 Å². The van der Waals surface area contributed by atoms with Crippen LogP contribution in [0.3, 0.4) is 0 Å². The van der Waals surface area contributed by atoms with Gasteiger partial charge in [0.25, 0.3) is 0 Å². The van der Waals surface area contributed by atoms with Crippen LogP contribution in [0.25, 0.3) is 0 Å². The fraction of sp³-hybridized carbons (Fsp3) is 0.909. The van der Waals surface area contributed by atoms with Crippen LogP contribution in [0, 0.1) is 22.0 Å². The summed E-state index contributed by atoms with van der Waals surface area (Å²) in [6.07, 6.45) is 0.930. The smallest absolute Gasteiger partial charge is 0.381 e. The van der Waals surface area contributed by atoms with Crippen LogP contribution < -0.4 is 0 Å². The number of halogens is 2. The molecular formula is C11H17Br2N3O3. The van der Waals surface area contributed by atoms with Crippen molar-refractivity contribution in [3.8, 4) is 0 Å². The maximum absolute atomic E-state index is 11.1. The van der Waals surface area contributed by atoms with Crippen molar-refractivity contribution in [3.63, 3.8) is 0 Å². The SMILES string of the molecule is CC1COCC1CN1CCCN=C1C(Br)(Br)[N+](=O)[O-]. The summed E-state index contributed by atoms with van der Waals surface area (Å²) in [6.45, 7) is 5.84. The summed E-state index contributed by atoms with van der Waals surface area (Å²) < 4.78 is 3.97. The first-order chi connectivity index (χ1) is 8.93. The van der Waals surface area contributed by atoms with Crippen LogP contribution in [-0.4, -0.2) is 51.9 Å². The Hall–Kier alpha value is -0.210. The summed E-state index contributed by atoms with van der Waals surface area (Å²) in [5, 5.41) is 11.1. The molecule has 2 aliphatic rings. The Morgan fingerprint density at radius 2 is 2.32 bits per heavy atom. The summed E-state index contributed by atoms with van der Waals surface area (Å²) in [5.41, 5.74) is 0. The minimum atomic E-state index is -1.48. The van der Waals surface area contributed by atoms with E-state index in [0.717, 1.165) is 32.7 Å². The van der Waals surface area contributed by atoms with Crippen LogP contribution >= 0.6 is 31.9 Å². The lowest BCUT2D eigenvalue weighted by Gasteiger charge is -2.34. The zero-order chi connectivity index (χ0) is 14.0. The number of amidine groups is 1. The van der Waals surface area contributed by atoms with Gasteiger partial charge >= 0.3 is 3.36 Å². The van der Waals surface area contributed by atoms with Crippen molar-refractivity contribution < 1.29 is 9.66 Å². The Kier molecular flexibility index (Phi) is 4.84. The number of aliphatic imine (C=N–C) groups is 1. The zero-order valence-electron chi connectivity index (χ0n) is 10.7. The number of alkyl halides is 2. The van der Waals surface area contributed by atoms with E-state index in [-0.39, 0.29) is 0 Å². The summed E-state index contributed by atoms with van der Waals surface area (Å²) in [5.74, 6) is 1.35. The first-order valence-corrected chi connectivity index (χ1v) is 7.91. The average Bonchev–Trinajstić information content (AvgIpc) is 2.75. The molecule has 1 fully saturated rings. The zero-order valence-corrected chi connectivity index (χ0v) is 13.9. The molecule has 2 atom stereocenters. The van der Waals surface area contributed by atoms with Gasteiger partial charge in [0, 0.05) is 64.0 Å². The predicted octanol–water partition coefficient (Wildman–Crippen LogP) is 2.09. The average molecular weight is 399 g/mol. The normalized spacial score (nSPS) is 28.4. The van der Waals surface area contributed by atoms with Gasteiger partial charge in [-0.3, -0.25) is 15.1 Å². The van der Waals surface area contributed by atoms with Crippen LogP contribution in [0.1, 0.15) is 13.3 Å². The van der Waals surface area contributed by atoms with Gasteiger partial charge < -0.3 is 9.64 Å². The second kappa shape index (κ2) is 6.05. The van der Waals surface area contributed by atoms with Gasteiger partial charge in [0.15, 0.2) is 0 Å². The Balaban J connectivity index is 2.12. The summed E-state index contributed by atoms with van der Waals surface area (Å²) in [6, 6.07) is 0. The van der Waals surface area contributed by atoms with Crippen LogP contribution in [0.4, 0.5) is 0 Å². The van der Waals surface area contributed by atoms with E-state index in [9.17, 15) is 10.1 Å². The van der Waals surface area contributed by atoms with Gasteiger partial charge in [-0.15, -0.1) is 0 Å². The molecule has 0 aliphatic carbocycles. The highest BCUT2D eigenvalue weighted by atomic mass is 79.9. The Bertz CT molecular complexity index is 389. The van der Waals surface area contributed by atoms with Gasteiger partial charge in [0.1, 0.15) is 0 Å². The van der Waals surface area contributed by atoms with Crippen molar-refractivity contribution in [1.29, 1.82) is 0 Å². The van der Waals surface area contributed by atoms with Gasteiger partial charge in [0.2, 0.25) is 5.84 Å².